The van der Waals surface area contributed by atoms with E-state index in [0.717, 1.165) is 49.2 Å². The lowest BCUT2D eigenvalue weighted by molar-refractivity contribution is 0.273. The molecule has 33 heavy (non-hydrogen) atoms. The molecule has 0 fully saturated rings. The Bertz CT molecular complexity index is 741. The SMILES string of the molecule is CCCCCCCCCCCc1ccc(N=Nc2ccc(OCCCCCCO)cc2)cc1. The molecule has 0 radical (unpaired) electrons. The fourth-order valence-electron chi connectivity index (χ4n) is 3.85. The number of aliphatic hydroxyl groups is 1. The van der Waals surface area contributed by atoms with Crippen molar-refractivity contribution in [3.8, 4) is 5.75 Å². The average Bonchev–Trinajstić information content (AvgIpc) is 2.85. The summed E-state index contributed by atoms with van der Waals surface area (Å²) in [6, 6.07) is 16.2. The molecule has 0 saturated carbocycles. The third kappa shape index (κ3) is 13.2. The summed E-state index contributed by atoms with van der Waals surface area (Å²) in [6.45, 7) is 3.26. The molecule has 4 nitrogen and oxygen atoms in total. The average molecular weight is 453 g/mol. The van der Waals surface area contributed by atoms with Gasteiger partial charge in [0, 0.05) is 6.61 Å². The Morgan fingerprint density at radius 3 is 1.73 bits per heavy atom. The van der Waals surface area contributed by atoms with E-state index in [1.165, 1.54) is 63.4 Å². The van der Waals surface area contributed by atoms with Gasteiger partial charge in [0.25, 0.3) is 0 Å². The molecular weight excluding hydrogens is 408 g/mol. The Balaban J connectivity index is 1.61. The number of hydrogen-bond acceptors (Lipinski definition) is 4. The van der Waals surface area contributed by atoms with Crippen molar-refractivity contribution in [2.75, 3.05) is 13.2 Å². The Hall–Kier alpha value is -2.20. The minimum Gasteiger partial charge on any atom is -0.494 e. The van der Waals surface area contributed by atoms with Gasteiger partial charge in [-0.05, 0) is 74.1 Å². The molecule has 0 unspecified atom stereocenters. The smallest absolute Gasteiger partial charge is 0.119 e. The number of nitrogens with zero attached hydrogens (tertiary/aromatic N) is 2. The summed E-state index contributed by atoms with van der Waals surface area (Å²) < 4.78 is 5.76. The second-order valence-electron chi connectivity index (χ2n) is 8.93. The van der Waals surface area contributed by atoms with Gasteiger partial charge in [0.15, 0.2) is 0 Å². The number of benzene rings is 2. The standard InChI is InChI=1S/C29H44N2O2/c1-2-3-4-5-6-7-8-9-12-15-26-16-18-27(19-17-26)30-31-28-20-22-29(23-21-28)33-25-14-11-10-13-24-32/h16-23,32H,2-15,24-25H2,1H3. The van der Waals surface area contributed by atoms with E-state index in [-0.39, 0.29) is 6.61 Å². The summed E-state index contributed by atoms with van der Waals surface area (Å²) in [5.74, 6) is 0.858. The summed E-state index contributed by atoms with van der Waals surface area (Å²) in [7, 11) is 0. The molecule has 0 amide bonds. The largest absolute Gasteiger partial charge is 0.494 e. The van der Waals surface area contributed by atoms with Gasteiger partial charge >= 0.3 is 0 Å². The van der Waals surface area contributed by atoms with Crippen LogP contribution in [0, 0.1) is 0 Å². The maximum atomic E-state index is 8.79. The summed E-state index contributed by atoms with van der Waals surface area (Å²) >= 11 is 0. The van der Waals surface area contributed by atoms with Gasteiger partial charge in [-0.1, -0.05) is 76.8 Å². The normalized spacial score (nSPS) is 11.3. The van der Waals surface area contributed by atoms with E-state index in [1.54, 1.807) is 0 Å². The zero-order chi connectivity index (χ0) is 23.4. The monoisotopic (exact) mass is 452 g/mol. The minimum atomic E-state index is 0.278. The van der Waals surface area contributed by atoms with E-state index in [9.17, 15) is 0 Å². The van der Waals surface area contributed by atoms with E-state index in [2.05, 4.69) is 41.4 Å². The fourth-order valence-corrected chi connectivity index (χ4v) is 3.85. The van der Waals surface area contributed by atoms with Gasteiger partial charge in [-0.15, -0.1) is 0 Å². The molecule has 0 spiro atoms. The highest BCUT2D eigenvalue weighted by molar-refractivity contribution is 5.43. The Labute approximate surface area is 201 Å². The van der Waals surface area contributed by atoms with Crippen molar-refractivity contribution in [2.45, 2.75) is 96.8 Å². The second-order valence-corrected chi connectivity index (χ2v) is 8.93. The lowest BCUT2D eigenvalue weighted by Gasteiger charge is -2.06. The van der Waals surface area contributed by atoms with Crippen LogP contribution < -0.4 is 4.74 Å². The van der Waals surface area contributed by atoms with Gasteiger partial charge in [-0.3, -0.25) is 0 Å². The Morgan fingerprint density at radius 1 is 0.606 bits per heavy atom. The van der Waals surface area contributed by atoms with Crippen molar-refractivity contribution >= 4 is 11.4 Å². The number of ether oxygens (including phenoxy) is 1. The van der Waals surface area contributed by atoms with Crippen LogP contribution in [-0.2, 0) is 6.42 Å². The number of unbranched alkanes of at least 4 members (excludes halogenated alkanes) is 11. The van der Waals surface area contributed by atoms with Crippen molar-refractivity contribution in [1.82, 2.24) is 0 Å². The minimum absolute atomic E-state index is 0.278. The van der Waals surface area contributed by atoms with Gasteiger partial charge in [0.2, 0.25) is 0 Å². The Morgan fingerprint density at radius 2 is 1.12 bits per heavy atom. The van der Waals surface area contributed by atoms with Gasteiger partial charge in [0.05, 0.1) is 18.0 Å². The van der Waals surface area contributed by atoms with E-state index < -0.39 is 0 Å². The van der Waals surface area contributed by atoms with Crippen LogP contribution in [-0.4, -0.2) is 18.3 Å². The number of aryl methyl sites for hydroxylation is 1. The third-order valence-corrected chi connectivity index (χ3v) is 5.94. The molecule has 2 aromatic rings. The lowest BCUT2D eigenvalue weighted by atomic mass is 10.0. The molecule has 0 bridgehead atoms. The molecule has 0 heterocycles. The molecule has 0 atom stereocenters. The molecule has 0 saturated heterocycles. The first-order chi connectivity index (χ1) is 16.3. The molecular formula is C29H44N2O2. The Kier molecular flexibility index (Phi) is 15.0. The molecule has 4 heteroatoms. The first-order valence-corrected chi connectivity index (χ1v) is 13.2. The number of aliphatic hydroxyl groups excluding tert-OH is 1. The van der Waals surface area contributed by atoms with Crippen LogP contribution in [0.3, 0.4) is 0 Å². The zero-order valence-corrected chi connectivity index (χ0v) is 20.7. The summed E-state index contributed by atoms with van der Waals surface area (Å²) in [4.78, 5) is 0. The van der Waals surface area contributed by atoms with Crippen LogP contribution in [0.5, 0.6) is 5.75 Å². The van der Waals surface area contributed by atoms with Gasteiger partial charge in [0.1, 0.15) is 5.75 Å². The highest BCUT2D eigenvalue weighted by Gasteiger charge is 1.98. The molecule has 0 aromatic heterocycles. The molecule has 2 aromatic carbocycles. The highest BCUT2D eigenvalue weighted by Crippen LogP contribution is 2.22. The van der Waals surface area contributed by atoms with E-state index in [0.29, 0.717) is 6.61 Å². The van der Waals surface area contributed by atoms with Crippen LogP contribution in [0.4, 0.5) is 11.4 Å². The van der Waals surface area contributed by atoms with Crippen LogP contribution in [0.1, 0.15) is 96.0 Å². The van der Waals surface area contributed by atoms with Crippen LogP contribution in [0.2, 0.25) is 0 Å². The van der Waals surface area contributed by atoms with Crippen molar-refractivity contribution in [2.24, 2.45) is 10.2 Å². The number of rotatable bonds is 19. The molecule has 0 aliphatic carbocycles. The van der Waals surface area contributed by atoms with Crippen molar-refractivity contribution in [3.05, 3.63) is 54.1 Å². The number of hydrogen-bond donors (Lipinski definition) is 1. The van der Waals surface area contributed by atoms with Crippen LogP contribution in [0.15, 0.2) is 58.8 Å². The summed E-state index contributed by atoms with van der Waals surface area (Å²) in [5.41, 5.74) is 3.09. The zero-order valence-electron chi connectivity index (χ0n) is 20.7. The van der Waals surface area contributed by atoms with Gasteiger partial charge in [-0.25, -0.2) is 0 Å². The van der Waals surface area contributed by atoms with Crippen molar-refractivity contribution in [3.63, 3.8) is 0 Å². The predicted octanol–water partition coefficient (Wildman–Crippen LogP) is 9.11. The second kappa shape index (κ2) is 18.3. The van der Waals surface area contributed by atoms with E-state index in [1.807, 2.05) is 24.3 Å². The topological polar surface area (TPSA) is 54.2 Å². The van der Waals surface area contributed by atoms with E-state index in [4.69, 9.17) is 9.84 Å². The van der Waals surface area contributed by atoms with Gasteiger partial charge < -0.3 is 9.84 Å². The predicted molar refractivity (Wildman–Crippen MR) is 139 cm³/mol. The molecule has 0 aliphatic heterocycles. The van der Waals surface area contributed by atoms with E-state index >= 15 is 0 Å². The number of azo groups is 1. The van der Waals surface area contributed by atoms with Crippen molar-refractivity contribution in [1.29, 1.82) is 0 Å². The summed E-state index contributed by atoms with van der Waals surface area (Å²) in [5, 5.41) is 17.5. The van der Waals surface area contributed by atoms with Crippen LogP contribution >= 0.6 is 0 Å². The fraction of sp³-hybridized carbons (Fsp3) is 0.586. The first-order valence-electron chi connectivity index (χ1n) is 13.2. The highest BCUT2D eigenvalue weighted by atomic mass is 16.5. The summed E-state index contributed by atoms with van der Waals surface area (Å²) in [6.07, 6.45) is 17.5. The maximum Gasteiger partial charge on any atom is 0.119 e. The van der Waals surface area contributed by atoms with Crippen molar-refractivity contribution < 1.29 is 9.84 Å². The molecule has 0 aliphatic rings. The first kappa shape index (κ1) is 27.0. The maximum absolute atomic E-state index is 8.79. The quantitative estimate of drug-likeness (QED) is 0.171. The molecule has 1 N–H and O–H groups in total. The lowest BCUT2D eigenvalue weighted by Crippen LogP contribution is -1.97. The van der Waals surface area contributed by atoms with Gasteiger partial charge in [-0.2, -0.15) is 10.2 Å². The molecule has 2 rings (SSSR count). The van der Waals surface area contributed by atoms with Crippen LogP contribution in [0.25, 0.3) is 0 Å². The molecule has 182 valence electrons. The third-order valence-electron chi connectivity index (χ3n) is 5.94.